The highest BCUT2D eigenvalue weighted by molar-refractivity contribution is 7.97. The van der Waals surface area contributed by atoms with Crippen molar-refractivity contribution in [1.29, 1.82) is 5.26 Å². The summed E-state index contributed by atoms with van der Waals surface area (Å²) in [5.41, 5.74) is 3.26. The molecule has 0 aromatic heterocycles. The summed E-state index contributed by atoms with van der Waals surface area (Å²) >= 11 is 1.72. The molecule has 0 N–H and O–H groups in total. The van der Waals surface area contributed by atoms with Crippen LogP contribution in [0.4, 0.5) is 0 Å². The van der Waals surface area contributed by atoms with E-state index in [0.29, 0.717) is 5.56 Å². The van der Waals surface area contributed by atoms with E-state index >= 15 is 0 Å². The quantitative estimate of drug-likeness (QED) is 0.576. The predicted octanol–water partition coefficient (Wildman–Crippen LogP) is 5.27. The van der Waals surface area contributed by atoms with Gasteiger partial charge in [-0.1, -0.05) is 60.7 Å². The van der Waals surface area contributed by atoms with Crippen LogP contribution >= 0.6 is 11.9 Å². The number of rotatable bonds is 6. The smallest absolute Gasteiger partial charge is 0.0991 e. The number of benzene rings is 3. The maximum atomic E-state index is 8.93. The van der Waals surface area contributed by atoms with Gasteiger partial charge >= 0.3 is 0 Å². The Balaban J connectivity index is 1.76. The zero-order valence-electron chi connectivity index (χ0n) is 13.3. The first-order chi connectivity index (χ1) is 11.8. The Labute approximate surface area is 147 Å². The van der Waals surface area contributed by atoms with Crippen molar-refractivity contribution in [2.45, 2.75) is 18.0 Å². The van der Waals surface area contributed by atoms with E-state index in [2.05, 4.69) is 58.9 Å². The Bertz CT molecular complexity index is 751. The lowest BCUT2D eigenvalue weighted by atomic mass is 10.2. The molecule has 0 radical (unpaired) electrons. The van der Waals surface area contributed by atoms with E-state index in [1.807, 2.05) is 36.4 Å². The molecule has 0 amide bonds. The molecule has 2 nitrogen and oxygen atoms in total. The third kappa shape index (κ3) is 4.73. The molecule has 0 saturated carbocycles. The SMILES string of the molecule is N#Cc1ccc(SN(Cc2ccccc2)Cc2ccccc2)cc1. The van der Waals surface area contributed by atoms with E-state index in [-0.39, 0.29) is 0 Å². The lowest BCUT2D eigenvalue weighted by Gasteiger charge is -2.21. The zero-order chi connectivity index (χ0) is 16.6. The molecule has 118 valence electrons. The van der Waals surface area contributed by atoms with E-state index in [1.165, 1.54) is 11.1 Å². The molecule has 3 aromatic carbocycles. The fraction of sp³-hybridized carbons (Fsp3) is 0.0952. The van der Waals surface area contributed by atoms with Crippen LogP contribution in [-0.2, 0) is 13.1 Å². The number of hydrogen-bond donors (Lipinski definition) is 0. The van der Waals surface area contributed by atoms with Crippen molar-refractivity contribution in [3.8, 4) is 6.07 Å². The van der Waals surface area contributed by atoms with Gasteiger partial charge in [0.1, 0.15) is 0 Å². The van der Waals surface area contributed by atoms with Crippen LogP contribution in [0.15, 0.2) is 89.8 Å². The van der Waals surface area contributed by atoms with Crippen molar-refractivity contribution in [2.24, 2.45) is 0 Å². The van der Waals surface area contributed by atoms with Gasteiger partial charge in [-0.2, -0.15) is 5.26 Å². The summed E-state index contributed by atoms with van der Waals surface area (Å²) in [6.07, 6.45) is 0. The molecule has 0 saturated heterocycles. The Hall–Kier alpha value is -2.54. The zero-order valence-corrected chi connectivity index (χ0v) is 14.1. The third-order valence-corrected chi connectivity index (χ3v) is 4.62. The predicted molar refractivity (Wildman–Crippen MR) is 99.1 cm³/mol. The van der Waals surface area contributed by atoms with Crippen LogP contribution in [0.2, 0.25) is 0 Å². The van der Waals surface area contributed by atoms with Gasteiger partial charge in [-0.25, -0.2) is 4.31 Å². The van der Waals surface area contributed by atoms with Crippen LogP contribution in [0.1, 0.15) is 16.7 Å². The molecule has 0 unspecified atom stereocenters. The Kier molecular flexibility index (Phi) is 5.68. The van der Waals surface area contributed by atoms with Crippen LogP contribution in [-0.4, -0.2) is 4.31 Å². The number of hydrogen-bond acceptors (Lipinski definition) is 3. The van der Waals surface area contributed by atoms with E-state index in [9.17, 15) is 0 Å². The van der Waals surface area contributed by atoms with Crippen LogP contribution in [0.3, 0.4) is 0 Å². The third-order valence-electron chi connectivity index (χ3n) is 3.62. The van der Waals surface area contributed by atoms with Gasteiger partial charge in [0.25, 0.3) is 0 Å². The lowest BCUT2D eigenvalue weighted by molar-refractivity contribution is 0.462. The standard InChI is InChI=1S/C21H18N2S/c22-15-18-11-13-21(14-12-18)24-23(16-19-7-3-1-4-8-19)17-20-9-5-2-6-10-20/h1-14H,16-17H2. The van der Waals surface area contributed by atoms with Crippen LogP contribution in [0, 0.1) is 11.3 Å². The van der Waals surface area contributed by atoms with Crippen molar-refractivity contribution < 1.29 is 0 Å². The molecule has 0 aliphatic rings. The Morgan fingerprint density at radius 2 is 1.21 bits per heavy atom. The van der Waals surface area contributed by atoms with Gasteiger partial charge in [-0.3, -0.25) is 0 Å². The Morgan fingerprint density at radius 1 is 0.708 bits per heavy atom. The summed E-state index contributed by atoms with van der Waals surface area (Å²) in [6.45, 7) is 1.72. The number of nitrogens with zero attached hydrogens (tertiary/aromatic N) is 2. The fourth-order valence-corrected chi connectivity index (χ4v) is 3.42. The van der Waals surface area contributed by atoms with Gasteiger partial charge < -0.3 is 0 Å². The van der Waals surface area contributed by atoms with Gasteiger partial charge in [0.05, 0.1) is 11.6 Å². The van der Waals surface area contributed by atoms with Crippen molar-refractivity contribution in [1.82, 2.24) is 4.31 Å². The summed E-state index contributed by atoms with van der Waals surface area (Å²) in [7, 11) is 0. The van der Waals surface area contributed by atoms with Crippen molar-refractivity contribution in [3.63, 3.8) is 0 Å². The first kappa shape index (κ1) is 16.3. The van der Waals surface area contributed by atoms with E-state index in [1.54, 1.807) is 11.9 Å². The molecule has 0 aliphatic heterocycles. The molecule has 24 heavy (non-hydrogen) atoms. The highest BCUT2D eigenvalue weighted by atomic mass is 32.2. The van der Waals surface area contributed by atoms with Crippen molar-refractivity contribution >= 4 is 11.9 Å². The summed E-state index contributed by atoms with van der Waals surface area (Å²) < 4.78 is 2.34. The van der Waals surface area contributed by atoms with Crippen molar-refractivity contribution in [2.75, 3.05) is 0 Å². The molecule has 3 heteroatoms. The second-order valence-electron chi connectivity index (χ2n) is 5.50. The number of nitriles is 1. The van der Waals surface area contributed by atoms with Crippen LogP contribution in [0.25, 0.3) is 0 Å². The van der Waals surface area contributed by atoms with Crippen LogP contribution < -0.4 is 0 Å². The second-order valence-corrected chi connectivity index (χ2v) is 6.67. The lowest BCUT2D eigenvalue weighted by Crippen LogP contribution is -2.14. The summed E-state index contributed by atoms with van der Waals surface area (Å²) in [4.78, 5) is 1.14. The summed E-state index contributed by atoms with van der Waals surface area (Å²) in [5.74, 6) is 0. The minimum atomic E-state index is 0.692. The molecular formula is C21H18N2S. The van der Waals surface area contributed by atoms with Gasteiger partial charge in [-0.05, 0) is 47.3 Å². The molecule has 0 fully saturated rings. The van der Waals surface area contributed by atoms with Gasteiger partial charge in [0.15, 0.2) is 0 Å². The monoisotopic (exact) mass is 330 g/mol. The average molecular weight is 330 g/mol. The average Bonchev–Trinajstić information content (AvgIpc) is 2.64. The van der Waals surface area contributed by atoms with E-state index < -0.39 is 0 Å². The van der Waals surface area contributed by atoms with Crippen molar-refractivity contribution in [3.05, 3.63) is 102 Å². The highest BCUT2D eigenvalue weighted by Crippen LogP contribution is 2.27. The van der Waals surface area contributed by atoms with E-state index in [0.717, 1.165) is 18.0 Å². The first-order valence-electron chi connectivity index (χ1n) is 7.84. The molecule has 3 aromatic rings. The highest BCUT2D eigenvalue weighted by Gasteiger charge is 2.09. The van der Waals surface area contributed by atoms with E-state index in [4.69, 9.17) is 5.26 Å². The summed E-state index contributed by atoms with van der Waals surface area (Å²) in [6, 6.07) is 30.9. The molecule has 0 aliphatic carbocycles. The molecule has 0 heterocycles. The molecule has 0 atom stereocenters. The minimum absolute atomic E-state index is 0.692. The van der Waals surface area contributed by atoms with Gasteiger partial charge in [0.2, 0.25) is 0 Å². The maximum Gasteiger partial charge on any atom is 0.0991 e. The largest absolute Gasteiger partial charge is 0.238 e. The van der Waals surface area contributed by atoms with Crippen LogP contribution in [0.5, 0.6) is 0 Å². The van der Waals surface area contributed by atoms with Gasteiger partial charge in [0, 0.05) is 18.0 Å². The first-order valence-corrected chi connectivity index (χ1v) is 8.62. The molecule has 0 bridgehead atoms. The topological polar surface area (TPSA) is 27.0 Å². The maximum absolute atomic E-state index is 8.93. The van der Waals surface area contributed by atoms with Gasteiger partial charge in [-0.15, -0.1) is 0 Å². The normalized spacial score (nSPS) is 10.5. The fourth-order valence-electron chi connectivity index (χ4n) is 2.43. The summed E-state index contributed by atoms with van der Waals surface area (Å²) in [5, 5.41) is 8.93. The minimum Gasteiger partial charge on any atom is -0.238 e. The second kappa shape index (κ2) is 8.35. The molecule has 0 spiro atoms. The molecule has 3 rings (SSSR count). The Morgan fingerprint density at radius 3 is 1.67 bits per heavy atom. The molecular weight excluding hydrogens is 312 g/mol.